The standard InChI is InChI=1S/C6H16N2S/c1-7-3-6(5-9)4-8-2/h6-9H,3-5H2,1-2H3/p+1. The van der Waals surface area contributed by atoms with Gasteiger partial charge < -0.3 is 10.6 Å². The molecule has 0 unspecified atom stereocenters. The Morgan fingerprint density at radius 2 is 1.67 bits per heavy atom. The van der Waals surface area contributed by atoms with E-state index in [4.69, 9.17) is 0 Å². The third-order valence-electron chi connectivity index (χ3n) is 1.27. The highest BCUT2D eigenvalue weighted by atomic mass is 32.1. The highest BCUT2D eigenvalue weighted by Gasteiger charge is 2.05. The first-order valence-corrected chi connectivity index (χ1v) is 3.99. The molecule has 9 heavy (non-hydrogen) atoms. The highest BCUT2D eigenvalue weighted by Crippen LogP contribution is 1.89. The Morgan fingerprint density at radius 1 is 1.22 bits per heavy atom. The first-order valence-electron chi connectivity index (χ1n) is 3.29. The Labute approximate surface area is 62.8 Å². The van der Waals surface area contributed by atoms with E-state index < -0.39 is 0 Å². The third-order valence-corrected chi connectivity index (χ3v) is 1.85. The van der Waals surface area contributed by atoms with Crippen molar-refractivity contribution in [3.63, 3.8) is 0 Å². The lowest BCUT2D eigenvalue weighted by molar-refractivity contribution is 0.524. The van der Waals surface area contributed by atoms with Gasteiger partial charge in [0.05, 0.1) is 0 Å². The van der Waals surface area contributed by atoms with Crippen LogP contribution in [0.15, 0.2) is 0 Å². The second-order valence-corrected chi connectivity index (χ2v) is 2.59. The van der Waals surface area contributed by atoms with Crippen molar-refractivity contribution < 1.29 is 0 Å². The number of hydrogen-bond acceptors (Lipinski definition) is 2. The molecule has 0 aliphatic carbocycles. The monoisotopic (exact) mass is 149 g/mol. The van der Waals surface area contributed by atoms with Gasteiger partial charge in [0.15, 0.2) is 0 Å². The van der Waals surface area contributed by atoms with Crippen molar-refractivity contribution >= 4 is 12.6 Å². The molecule has 56 valence electrons. The Bertz CT molecular complexity index is 53.0. The zero-order chi connectivity index (χ0) is 7.11. The topological polar surface area (TPSA) is 24.1 Å². The van der Waals surface area contributed by atoms with Crippen molar-refractivity contribution in [1.82, 2.24) is 10.6 Å². The van der Waals surface area contributed by atoms with Crippen LogP contribution in [0.25, 0.3) is 0 Å². The Morgan fingerprint density at radius 3 is 1.89 bits per heavy atom. The minimum Gasteiger partial charge on any atom is -0.319 e. The number of hydrogen-bond donors (Lipinski definition) is 2. The molecule has 2 nitrogen and oxygen atoms in total. The summed E-state index contributed by atoms with van der Waals surface area (Å²) in [5, 5.41) is 6.26. The maximum atomic E-state index is 3.48. The molecule has 0 aliphatic rings. The fraction of sp³-hybridized carbons (Fsp3) is 1.00. The van der Waals surface area contributed by atoms with Crippen LogP contribution in [0.1, 0.15) is 0 Å². The molecule has 0 aromatic rings. The lowest BCUT2D eigenvalue weighted by atomic mass is 10.2. The molecule has 0 bridgehead atoms. The molecule has 3 heteroatoms. The maximum Gasteiger partial charge on any atom is 0.108 e. The molecule has 0 rings (SSSR count). The van der Waals surface area contributed by atoms with Crippen LogP contribution in [0.5, 0.6) is 0 Å². The first-order chi connectivity index (χ1) is 4.35. The number of nitrogens with one attached hydrogen (secondary N) is 2. The van der Waals surface area contributed by atoms with Crippen LogP contribution in [0.3, 0.4) is 0 Å². The van der Waals surface area contributed by atoms with Crippen LogP contribution in [-0.2, 0) is 12.6 Å². The van der Waals surface area contributed by atoms with Crippen molar-refractivity contribution in [3.05, 3.63) is 0 Å². The molecule has 0 fully saturated rings. The van der Waals surface area contributed by atoms with Crippen LogP contribution in [0.2, 0.25) is 0 Å². The molecule has 0 amide bonds. The lowest BCUT2D eigenvalue weighted by Gasteiger charge is -2.08. The van der Waals surface area contributed by atoms with E-state index >= 15 is 0 Å². The molecule has 0 aromatic carbocycles. The summed E-state index contributed by atoms with van der Waals surface area (Å²) < 4.78 is 0. The molecule has 0 heterocycles. The molecule has 0 spiro atoms. The SMILES string of the molecule is CNCC(C[SH2+])CNC. The van der Waals surface area contributed by atoms with E-state index in [0.717, 1.165) is 18.8 Å². The molecule has 0 radical (unpaired) electrons. The van der Waals surface area contributed by atoms with Crippen LogP contribution in [0, 0.1) is 5.92 Å². The van der Waals surface area contributed by atoms with Gasteiger partial charge in [0, 0.05) is 19.0 Å². The zero-order valence-corrected chi connectivity index (χ0v) is 7.20. The summed E-state index contributed by atoms with van der Waals surface area (Å²) in [4.78, 5) is 0. The van der Waals surface area contributed by atoms with Gasteiger partial charge in [-0.2, -0.15) is 0 Å². The van der Waals surface area contributed by atoms with E-state index in [0.29, 0.717) is 5.92 Å². The van der Waals surface area contributed by atoms with Crippen molar-refractivity contribution in [2.75, 3.05) is 32.9 Å². The van der Waals surface area contributed by atoms with E-state index in [9.17, 15) is 0 Å². The van der Waals surface area contributed by atoms with Gasteiger partial charge in [-0.05, 0) is 26.7 Å². The van der Waals surface area contributed by atoms with Crippen LogP contribution >= 0.6 is 0 Å². The predicted octanol–water partition coefficient (Wildman–Crippen LogP) is -0.947. The largest absolute Gasteiger partial charge is 0.319 e. The van der Waals surface area contributed by atoms with Crippen LogP contribution in [-0.4, -0.2) is 32.9 Å². The van der Waals surface area contributed by atoms with E-state index in [-0.39, 0.29) is 0 Å². The summed E-state index contributed by atoms with van der Waals surface area (Å²) in [6.45, 7) is 2.15. The van der Waals surface area contributed by atoms with Gasteiger partial charge in [-0.3, -0.25) is 0 Å². The number of rotatable bonds is 5. The van der Waals surface area contributed by atoms with Gasteiger partial charge in [-0.25, -0.2) is 0 Å². The summed E-state index contributed by atoms with van der Waals surface area (Å²) in [5.74, 6) is 1.76. The van der Waals surface area contributed by atoms with Crippen molar-refractivity contribution in [2.24, 2.45) is 5.92 Å². The maximum absolute atomic E-state index is 3.48. The normalized spacial score (nSPS) is 10.7. The van der Waals surface area contributed by atoms with Gasteiger partial charge in [-0.1, -0.05) is 0 Å². The van der Waals surface area contributed by atoms with Crippen molar-refractivity contribution in [1.29, 1.82) is 0 Å². The molecule has 2 N–H and O–H groups in total. The van der Waals surface area contributed by atoms with E-state index in [2.05, 4.69) is 23.3 Å². The van der Waals surface area contributed by atoms with Crippen molar-refractivity contribution in [2.45, 2.75) is 0 Å². The Balaban J connectivity index is 3.18. The predicted molar refractivity (Wildman–Crippen MR) is 46.4 cm³/mol. The average Bonchev–Trinajstić information content (AvgIpc) is 1.88. The summed E-state index contributed by atoms with van der Waals surface area (Å²) in [6, 6.07) is 0. The van der Waals surface area contributed by atoms with E-state index in [1.54, 1.807) is 0 Å². The second-order valence-electron chi connectivity index (χ2n) is 2.19. The van der Waals surface area contributed by atoms with Gasteiger partial charge in [-0.15, -0.1) is 0 Å². The minimum atomic E-state index is 0.705. The van der Waals surface area contributed by atoms with Gasteiger partial charge in [0.25, 0.3) is 0 Å². The van der Waals surface area contributed by atoms with Crippen molar-refractivity contribution in [3.8, 4) is 0 Å². The first kappa shape index (κ1) is 9.27. The van der Waals surface area contributed by atoms with Gasteiger partial charge >= 0.3 is 0 Å². The fourth-order valence-corrected chi connectivity index (χ4v) is 1.08. The summed E-state index contributed by atoms with van der Waals surface area (Å²) in [7, 11) is 3.95. The smallest absolute Gasteiger partial charge is 0.108 e. The van der Waals surface area contributed by atoms with E-state index in [1.807, 2.05) is 14.1 Å². The average molecular weight is 149 g/mol. The minimum absolute atomic E-state index is 0.705. The summed E-state index contributed by atoms with van der Waals surface area (Å²) >= 11 is 3.48. The Kier molecular flexibility index (Phi) is 6.58. The molecular weight excluding hydrogens is 132 g/mol. The molecule has 0 aromatic heterocycles. The Hall–Kier alpha value is 0.270. The third kappa shape index (κ3) is 4.75. The molecule has 0 saturated heterocycles. The quantitative estimate of drug-likeness (QED) is 0.493. The van der Waals surface area contributed by atoms with Gasteiger partial charge in [0.1, 0.15) is 5.75 Å². The fourth-order valence-electron chi connectivity index (χ4n) is 0.794. The molecular formula is C6H17N2S+. The van der Waals surface area contributed by atoms with Crippen LogP contribution in [0.4, 0.5) is 0 Å². The highest BCUT2D eigenvalue weighted by molar-refractivity contribution is 7.58. The van der Waals surface area contributed by atoms with Crippen LogP contribution < -0.4 is 10.6 Å². The molecule has 0 aliphatic heterocycles. The van der Waals surface area contributed by atoms with Gasteiger partial charge in [0.2, 0.25) is 0 Å². The molecule has 0 atom stereocenters. The lowest BCUT2D eigenvalue weighted by Crippen LogP contribution is -2.29. The summed E-state index contributed by atoms with van der Waals surface area (Å²) in [5.41, 5.74) is 0. The zero-order valence-electron chi connectivity index (χ0n) is 6.20. The second kappa shape index (κ2) is 6.39. The molecule has 0 saturated carbocycles. The van der Waals surface area contributed by atoms with E-state index in [1.165, 1.54) is 0 Å². The summed E-state index contributed by atoms with van der Waals surface area (Å²) in [6.07, 6.45) is 0.